The Balaban J connectivity index is 1.79. The Labute approximate surface area is 299 Å². The van der Waals surface area contributed by atoms with E-state index in [1.807, 2.05) is 53.6 Å². The third kappa shape index (κ3) is 8.36. The number of hydrogen-bond acceptors (Lipinski definition) is 13. The van der Waals surface area contributed by atoms with Crippen LogP contribution < -0.4 is 0 Å². The molecule has 0 radical (unpaired) electrons. The van der Waals surface area contributed by atoms with Crippen molar-refractivity contribution in [3.63, 3.8) is 0 Å². The molecule has 2 bridgehead atoms. The van der Waals surface area contributed by atoms with Crippen molar-refractivity contribution in [3.05, 3.63) is 0 Å². The number of nitrogens with zero attached hydrogens (tertiary/aromatic N) is 2. The molecule has 0 aromatic rings. The van der Waals surface area contributed by atoms with Crippen molar-refractivity contribution in [1.29, 1.82) is 0 Å². The maximum absolute atomic E-state index is 14.1. The van der Waals surface area contributed by atoms with E-state index in [4.69, 9.17) is 38.2 Å². The summed E-state index contributed by atoms with van der Waals surface area (Å²) >= 11 is 0. The fraction of sp³-hybridized carbons (Fsp3) is 0.946. The lowest BCUT2D eigenvalue weighted by atomic mass is 9.72. The summed E-state index contributed by atoms with van der Waals surface area (Å²) in [4.78, 5) is 21.0. The fourth-order valence-electron chi connectivity index (χ4n) is 8.53. The number of fused-ring (bicyclic) bond motifs is 11. The fourth-order valence-corrected chi connectivity index (χ4v) is 8.53. The molecule has 0 spiro atoms. The van der Waals surface area contributed by atoms with Crippen molar-refractivity contribution in [2.45, 2.75) is 180 Å². The van der Waals surface area contributed by atoms with Crippen LogP contribution in [0.15, 0.2) is 4.99 Å². The molecule has 8 unspecified atom stereocenters. The number of likely N-dealkylation sites (N-methyl/N-ethyl adjacent to an activating group) is 1. The molecule has 5 heterocycles. The largest absolute Gasteiger partial charge is 0.473 e. The normalized spacial score (nSPS) is 49.1. The van der Waals surface area contributed by atoms with E-state index in [1.54, 1.807) is 34.8 Å². The first-order valence-corrected chi connectivity index (χ1v) is 18.4. The van der Waals surface area contributed by atoms with E-state index in [-0.39, 0.29) is 30.5 Å². The Morgan fingerprint density at radius 2 is 1.54 bits per heavy atom. The highest BCUT2D eigenvalue weighted by molar-refractivity contribution is 5.84. The lowest BCUT2D eigenvalue weighted by molar-refractivity contribution is -0.313. The van der Waals surface area contributed by atoms with Crippen LogP contribution in [0.4, 0.5) is 0 Å². The van der Waals surface area contributed by atoms with Gasteiger partial charge < -0.3 is 53.4 Å². The van der Waals surface area contributed by atoms with Crippen LogP contribution in [-0.4, -0.2) is 138 Å². The number of aliphatic hydroxyl groups excluding tert-OH is 2. The molecule has 0 aromatic heterocycles. The second-order valence-electron chi connectivity index (χ2n) is 17.0. The molecule has 0 aromatic carbocycles. The summed E-state index contributed by atoms with van der Waals surface area (Å²) < 4.78 is 44.0. The molecular formula is C37H66N2O11. The van der Waals surface area contributed by atoms with Gasteiger partial charge in [0, 0.05) is 25.5 Å². The van der Waals surface area contributed by atoms with E-state index in [0.717, 1.165) is 0 Å². The van der Waals surface area contributed by atoms with E-state index >= 15 is 0 Å². The van der Waals surface area contributed by atoms with Gasteiger partial charge in [0.2, 0.25) is 0 Å². The summed E-state index contributed by atoms with van der Waals surface area (Å²) in [5, 5.41) is 34.0. The first-order valence-electron chi connectivity index (χ1n) is 18.4. The number of esters is 1. The third-order valence-electron chi connectivity index (χ3n) is 11.9. The molecule has 0 amide bonds. The molecule has 17 atom stereocenters. The average molecular weight is 715 g/mol. The van der Waals surface area contributed by atoms with Crippen LogP contribution >= 0.6 is 0 Å². The average Bonchev–Trinajstić information content (AvgIpc) is 3.02. The maximum Gasteiger partial charge on any atom is 0.311 e. The Bertz CT molecular complexity index is 1200. The van der Waals surface area contributed by atoms with Crippen LogP contribution in [0, 0.1) is 23.2 Å². The topological polar surface area (TPSA) is 158 Å². The lowest BCUT2D eigenvalue weighted by Crippen LogP contribution is -2.62. The molecule has 5 rings (SSSR count). The minimum atomic E-state index is -1.49. The zero-order chi connectivity index (χ0) is 37.7. The van der Waals surface area contributed by atoms with Crippen molar-refractivity contribution in [3.8, 4) is 0 Å². The predicted octanol–water partition coefficient (Wildman–Crippen LogP) is 3.29. The second kappa shape index (κ2) is 15.5. The highest BCUT2D eigenvalue weighted by atomic mass is 16.7. The number of carbonyl (C=O) groups is 1. The maximum atomic E-state index is 14.1. The smallest absolute Gasteiger partial charge is 0.311 e. The number of ether oxygens (including phenoxy) is 7. The van der Waals surface area contributed by atoms with Gasteiger partial charge >= 0.3 is 5.97 Å². The van der Waals surface area contributed by atoms with Crippen LogP contribution in [0.1, 0.15) is 95.4 Å². The van der Waals surface area contributed by atoms with Gasteiger partial charge in [0.25, 0.3) is 0 Å². The van der Waals surface area contributed by atoms with Crippen molar-refractivity contribution in [1.82, 2.24) is 4.90 Å². The van der Waals surface area contributed by atoms with Gasteiger partial charge in [-0.15, -0.1) is 0 Å². The Morgan fingerprint density at radius 1 is 0.900 bits per heavy atom. The standard InChI is InChI=1S/C37H66N2O11/c1-18-16-35(8,9)30(50-34-27(40)25(39(12)13)15-19(2)45-34)20(3)28(48-26-17-36(10,44-14)29(41)23(6)46-26)21(4)33(42)47-24(7)37(11,43)31-22(5)32(38-18)49-31/h18-31,34,40-41,43H,15-17H2,1-14H3/t18-,19?,20+,21-,22-,23?,24-,25?,26?,27?,28+,29?,30-,31-,34?,36?,37-/m1/s1. The molecule has 3 saturated heterocycles. The number of aliphatic imine (C=N–C) groups is 1. The molecule has 5 aliphatic rings. The zero-order valence-corrected chi connectivity index (χ0v) is 32.8. The van der Waals surface area contributed by atoms with E-state index in [2.05, 4.69) is 13.8 Å². The zero-order valence-electron chi connectivity index (χ0n) is 32.8. The summed E-state index contributed by atoms with van der Waals surface area (Å²) in [6.07, 6.45) is -5.98. The number of aliphatic hydroxyl groups is 3. The predicted molar refractivity (Wildman–Crippen MR) is 186 cm³/mol. The number of hydrogen-bond donors (Lipinski definition) is 3. The Morgan fingerprint density at radius 3 is 2.12 bits per heavy atom. The highest BCUT2D eigenvalue weighted by Gasteiger charge is 2.55. The van der Waals surface area contributed by atoms with Gasteiger partial charge in [-0.05, 0) is 80.8 Å². The molecule has 3 N–H and O–H groups in total. The highest BCUT2D eigenvalue weighted by Crippen LogP contribution is 2.43. The Hall–Kier alpha value is -1.42. The van der Waals surface area contributed by atoms with Crippen LogP contribution in [0.5, 0.6) is 0 Å². The molecule has 3 fully saturated rings. The van der Waals surface area contributed by atoms with Gasteiger partial charge in [-0.1, -0.05) is 27.7 Å². The molecule has 0 aliphatic carbocycles. The summed E-state index contributed by atoms with van der Waals surface area (Å²) in [5.41, 5.74) is -3.05. The molecule has 13 heteroatoms. The quantitative estimate of drug-likeness (QED) is 0.346. The van der Waals surface area contributed by atoms with Crippen molar-refractivity contribution in [2.75, 3.05) is 21.2 Å². The van der Waals surface area contributed by atoms with Gasteiger partial charge in [0.05, 0.1) is 47.9 Å². The minimum absolute atomic E-state index is 0.169. The second-order valence-corrected chi connectivity index (χ2v) is 17.0. The monoisotopic (exact) mass is 714 g/mol. The summed E-state index contributed by atoms with van der Waals surface area (Å²) in [7, 11) is 5.40. The van der Waals surface area contributed by atoms with Gasteiger partial charge in [-0.3, -0.25) is 9.79 Å². The van der Waals surface area contributed by atoms with Crippen molar-refractivity contribution < 1.29 is 53.3 Å². The van der Waals surface area contributed by atoms with Crippen LogP contribution in [0.2, 0.25) is 0 Å². The van der Waals surface area contributed by atoms with Crippen LogP contribution in [0.25, 0.3) is 0 Å². The molecule has 5 aliphatic heterocycles. The van der Waals surface area contributed by atoms with Crippen LogP contribution in [0.3, 0.4) is 0 Å². The van der Waals surface area contributed by atoms with Crippen molar-refractivity contribution in [2.24, 2.45) is 28.2 Å². The van der Waals surface area contributed by atoms with Gasteiger partial charge in [-0.25, -0.2) is 0 Å². The van der Waals surface area contributed by atoms with Gasteiger partial charge in [-0.2, -0.15) is 0 Å². The lowest BCUT2D eigenvalue weighted by Gasteiger charge is -2.49. The van der Waals surface area contributed by atoms with E-state index in [1.165, 1.54) is 0 Å². The minimum Gasteiger partial charge on any atom is -0.473 e. The summed E-state index contributed by atoms with van der Waals surface area (Å²) in [6, 6.07) is -0.383. The summed E-state index contributed by atoms with van der Waals surface area (Å²) in [5.74, 6) is -1.56. The molecular weight excluding hydrogens is 648 g/mol. The number of methoxy groups -OCH3 is 1. The van der Waals surface area contributed by atoms with E-state index in [9.17, 15) is 20.1 Å². The van der Waals surface area contributed by atoms with Crippen LogP contribution in [-0.2, 0) is 38.0 Å². The SMILES string of the molecule is COC1(C)CC(O[C@H]2[C@H](C)[C@@H](OC3OC(C)CC(N(C)C)C3O)C(C)(C)C[C@@H](C)N=C3O[C@H]([C@H]3C)[C@](C)(O)[C@@H](C)OC(=O)[C@@H]2C)OC(C)C1O. The van der Waals surface area contributed by atoms with Crippen molar-refractivity contribution >= 4 is 11.9 Å². The molecule has 0 saturated carbocycles. The van der Waals surface area contributed by atoms with E-state index in [0.29, 0.717) is 18.7 Å². The third-order valence-corrected chi connectivity index (χ3v) is 11.9. The first-order chi connectivity index (χ1) is 23.0. The van der Waals surface area contributed by atoms with Gasteiger partial charge in [0.1, 0.15) is 30.0 Å². The number of rotatable bonds is 6. The molecule has 13 nitrogen and oxygen atoms in total. The Kier molecular flexibility index (Phi) is 12.8. The summed E-state index contributed by atoms with van der Waals surface area (Å²) in [6.45, 7) is 20.7. The number of carbonyl (C=O) groups excluding carboxylic acids is 1. The molecule has 50 heavy (non-hydrogen) atoms. The molecule has 290 valence electrons. The first kappa shape index (κ1) is 41.3. The van der Waals surface area contributed by atoms with E-state index < -0.39 is 89.7 Å². The van der Waals surface area contributed by atoms with Gasteiger partial charge in [0.15, 0.2) is 18.5 Å².